The van der Waals surface area contributed by atoms with E-state index in [2.05, 4.69) is 5.32 Å². The fourth-order valence-electron chi connectivity index (χ4n) is 2.42. The summed E-state index contributed by atoms with van der Waals surface area (Å²) in [5.74, 6) is -0.184. The maximum Gasteiger partial charge on any atom is 0.271 e. The Morgan fingerprint density at radius 1 is 1.57 bits per heavy atom. The Labute approximate surface area is 137 Å². The molecule has 1 aliphatic heterocycles. The third kappa shape index (κ3) is 4.20. The van der Waals surface area contributed by atoms with Gasteiger partial charge in [-0.1, -0.05) is 11.8 Å². The Kier molecular flexibility index (Phi) is 5.56. The van der Waals surface area contributed by atoms with Gasteiger partial charge in [0.15, 0.2) is 5.12 Å². The van der Waals surface area contributed by atoms with Crippen LogP contribution in [-0.4, -0.2) is 46.0 Å². The molecule has 0 aliphatic carbocycles. The molecule has 124 valence electrons. The van der Waals surface area contributed by atoms with Gasteiger partial charge in [0.1, 0.15) is 0 Å². The van der Waals surface area contributed by atoms with Gasteiger partial charge in [0.2, 0.25) is 5.91 Å². The summed E-state index contributed by atoms with van der Waals surface area (Å²) < 4.78 is 0. The monoisotopic (exact) mass is 339 g/mol. The fraction of sp³-hybridized carbons (Fsp3) is 0.429. The van der Waals surface area contributed by atoms with Gasteiger partial charge in [0.05, 0.1) is 22.9 Å². The van der Waals surface area contributed by atoms with E-state index in [1.54, 1.807) is 0 Å². The molecule has 2 N–H and O–H groups in total. The summed E-state index contributed by atoms with van der Waals surface area (Å²) >= 11 is 1.10. The molecule has 1 atom stereocenters. The van der Waals surface area contributed by atoms with Crippen LogP contribution in [0.25, 0.3) is 0 Å². The second-order valence-corrected chi connectivity index (χ2v) is 6.53. The number of benzene rings is 1. The van der Waals surface area contributed by atoms with Crippen LogP contribution in [0.15, 0.2) is 18.2 Å². The van der Waals surface area contributed by atoms with E-state index in [9.17, 15) is 19.7 Å². The Bertz CT molecular complexity index is 637. The number of nitro benzene ring substituents is 1. The number of hydrogen-bond donors (Lipinski definition) is 2. The number of aliphatic hydroxyl groups excluding tert-OH is 1. The van der Waals surface area contributed by atoms with Crippen molar-refractivity contribution in [2.24, 2.45) is 0 Å². The molecule has 1 amide bonds. The molecular weight excluding hydrogens is 322 g/mol. The lowest BCUT2D eigenvalue weighted by molar-refractivity contribution is -0.384. The van der Waals surface area contributed by atoms with Crippen LogP contribution in [0.4, 0.5) is 17.1 Å². The van der Waals surface area contributed by atoms with Crippen LogP contribution in [0.1, 0.15) is 13.3 Å². The molecule has 0 radical (unpaired) electrons. The van der Waals surface area contributed by atoms with E-state index in [4.69, 9.17) is 5.11 Å². The van der Waals surface area contributed by atoms with Gasteiger partial charge in [-0.25, -0.2) is 0 Å². The first-order valence-electron chi connectivity index (χ1n) is 7.03. The lowest BCUT2D eigenvalue weighted by Crippen LogP contribution is -2.26. The zero-order valence-electron chi connectivity index (χ0n) is 12.5. The van der Waals surface area contributed by atoms with Crippen molar-refractivity contribution >= 4 is 39.8 Å². The number of hydrogen-bond acceptors (Lipinski definition) is 7. The third-order valence-electron chi connectivity index (χ3n) is 3.33. The number of carbonyl (C=O) groups excluding carboxylic acids is 2. The lowest BCUT2D eigenvalue weighted by Gasteiger charge is -2.20. The highest BCUT2D eigenvalue weighted by molar-refractivity contribution is 8.14. The van der Waals surface area contributed by atoms with Crippen molar-refractivity contribution in [1.82, 2.24) is 0 Å². The van der Waals surface area contributed by atoms with E-state index in [0.717, 1.165) is 11.8 Å². The Hall–Kier alpha value is -2.13. The highest BCUT2D eigenvalue weighted by Crippen LogP contribution is 2.35. The Morgan fingerprint density at radius 3 is 2.91 bits per heavy atom. The minimum absolute atomic E-state index is 0.0673. The van der Waals surface area contributed by atoms with E-state index in [1.165, 1.54) is 30.0 Å². The SMILES string of the molecule is CC(=O)SC1CC(=O)N(c2cc([N+](=O)[O-])ccc2NCCO)C1. The maximum absolute atomic E-state index is 12.2. The van der Waals surface area contributed by atoms with Gasteiger partial charge in [-0.15, -0.1) is 0 Å². The molecule has 9 heteroatoms. The number of anilines is 2. The Balaban J connectivity index is 2.31. The predicted molar refractivity (Wildman–Crippen MR) is 87.7 cm³/mol. The minimum atomic E-state index is -0.526. The first-order valence-corrected chi connectivity index (χ1v) is 7.91. The summed E-state index contributed by atoms with van der Waals surface area (Å²) in [5.41, 5.74) is 0.806. The number of nitrogens with zero attached hydrogens (tertiary/aromatic N) is 2. The van der Waals surface area contributed by atoms with Crippen molar-refractivity contribution < 1.29 is 19.6 Å². The summed E-state index contributed by atoms with van der Waals surface area (Å²) in [4.78, 5) is 35.3. The van der Waals surface area contributed by atoms with E-state index >= 15 is 0 Å². The predicted octanol–water partition coefficient (Wildman–Crippen LogP) is 1.38. The molecule has 1 saturated heterocycles. The zero-order chi connectivity index (χ0) is 17.0. The van der Waals surface area contributed by atoms with Crippen LogP contribution >= 0.6 is 11.8 Å². The molecule has 0 saturated carbocycles. The number of non-ortho nitro benzene ring substituents is 1. The topological polar surface area (TPSA) is 113 Å². The molecule has 1 aromatic carbocycles. The molecule has 2 rings (SSSR count). The second kappa shape index (κ2) is 7.42. The molecule has 1 aliphatic rings. The van der Waals surface area contributed by atoms with E-state index in [-0.39, 0.29) is 41.5 Å². The standard InChI is InChI=1S/C14H17N3O5S/c1-9(19)23-11-7-14(20)16(8-11)13-6-10(17(21)22)2-3-12(13)15-4-5-18/h2-3,6,11,15,18H,4-5,7-8H2,1H3. The van der Waals surface area contributed by atoms with Crippen LogP contribution < -0.4 is 10.2 Å². The fourth-order valence-corrected chi connectivity index (χ4v) is 3.34. The van der Waals surface area contributed by atoms with E-state index < -0.39 is 4.92 Å². The molecule has 1 fully saturated rings. The average Bonchev–Trinajstić information content (AvgIpc) is 2.84. The van der Waals surface area contributed by atoms with Crippen molar-refractivity contribution in [2.75, 3.05) is 29.9 Å². The number of carbonyl (C=O) groups is 2. The van der Waals surface area contributed by atoms with Crippen molar-refractivity contribution in [3.63, 3.8) is 0 Å². The molecule has 8 nitrogen and oxygen atoms in total. The molecule has 0 aromatic heterocycles. The number of nitro groups is 1. The van der Waals surface area contributed by atoms with E-state index in [1.807, 2.05) is 0 Å². The second-order valence-electron chi connectivity index (χ2n) is 5.05. The average molecular weight is 339 g/mol. The summed E-state index contributed by atoms with van der Waals surface area (Å²) in [6.07, 6.45) is 0.215. The minimum Gasteiger partial charge on any atom is -0.395 e. The van der Waals surface area contributed by atoms with Crippen molar-refractivity contribution in [3.05, 3.63) is 28.3 Å². The lowest BCUT2D eigenvalue weighted by atomic mass is 10.2. The highest BCUT2D eigenvalue weighted by Gasteiger charge is 2.33. The first kappa shape index (κ1) is 17.2. The summed E-state index contributed by atoms with van der Waals surface area (Å²) in [7, 11) is 0. The Morgan fingerprint density at radius 2 is 2.30 bits per heavy atom. The van der Waals surface area contributed by atoms with Crippen LogP contribution in [-0.2, 0) is 9.59 Å². The first-order chi connectivity index (χ1) is 10.9. The highest BCUT2D eigenvalue weighted by atomic mass is 32.2. The van der Waals surface area contributed by atoms with Crippen molar-refractivity contribution in [2.45, 2.75) is 18.6 Å². The van der Waals surface area contributed by atoms with Crippen LogP contribution in [0.5, 0.6) is 0 Å². The number of nitrogens with one attached hydrogen (secondary N) is 1. The number of thioether (sulfide) groups is 1. The van der Waals surface area contributed by atoms with Crippen LogP contribution in [0.2, 0.25) is 0 Å². The van der Waals surface area contributed by atoms with Gasteiger partial charge >= 0.3 is 0 Å². The van der Waals surface area contributed by atoms with Gasteiger partial charge < -0.3 is 15.3 Å². The quantitative estimate of drug-likeness (QED) is 0.594. The molecular formula is C14H17N3O5S. The van der Waals surface area contributed by atoms with Crippen molar-refractivity contribution in [3.8, 4) is 0 Å². The summed E-state index contributed by atoms with van der Waals surface area (Å²) in [5, 5.41) is 22.6. The smallest absolute Gasteiger partial charge is 0.271 e. The third-order valence-corrected chi connectivity index (χ3v) is 4.31. The molecule has 1 unspecified atom stereocenters. The largest absolute Gasteiger partial charge is 0.395 e. The number of amides is 1. The van der Waals surface area contributed by atoms with Gasteiger partial charge in [-0.05, 0) is 6.07 Å². The maximum atomic E-state index is 12.2. The zero-order valence-corrected chi connectivity index (χ0v) is 13.3. The molecule has 0 bridgehead atoms. The number of rotatable bonds is 6. The van der Waals surface area contributed by atoms with Crippen LogP contribution in [0, 0.1) is 10.1 Å². The van der Waals surface area contributed by atoms with Gasteiger partial charge in [-0.2, -0.15) is 0 Å². The van der Waals surface area contributed by atoms with Gasteiger partial charge in [0.25, 0.3) is 5.69 Å². The normalized spacial score (nSPS) is 17.4. The summed E-state index contributed by atoms with van der Waals surface area (Å²) in [6.45, 7) is 1.92. The molecule has 0 spiro atoms. The van der Waals surface area contributed by atoms with Gasteiger partial charge in [-0.3, -0.25) is 19.7 Å². The molecule has 1 aromatic rings. The number of aliphatic hydroxyl groups is 1. The van der Waals surface area contributed by atoms with Crippen molar-refractivity contribution in [1.29, 1.82) is 0 Å². The summed E-state index contributed by atoms with van der Waals surface area (Å²) in [6, 6.07) is 4.19. The molecule has 23 heavy (non-hydrogen) atoms. The molecule has 1 heterocycles. The van der Waals surface area contributed by atoms with E-state index in [0.29, 0.717) is 17.9 Å². The van der Waals surface area contributed by atoms with Gasteiger partial charge in [0, 0.05) is 43.8 Å². The van der Waals surface area contributed by atoms with Crippen LogP contribution in [0.3, 0.4) is 0 Å².